The summed E-state index contributed by atoms with van der Waals surface area (Å²) in [7, 11) is 0. The third kappa shape index (κ3) is 2.14. The fourth-order valence-corrected chi connectivity index (χ4v) is 2.15. The Labute approximate surface area is 114 Å². The standard InChI is InChI=1S/C15H12FN3O/c16-12-7-10(15(17)20)5-6-11(12)8-19-9-18-13-3-1-2-4-14(13)19/h1-7,9H,8H2,(H2,17,20). The molecule has 1 heterocycles. The molecule has 2 N–H and O–H groups in total. The largest absolute Gasteiger partial charge is 0.366 e. The number of hydrogen-bond acceptors (Lipinski definition) is 2. The second kappa shape index (κ2) is 4.77. The van der Waals surface area contributed by atoms with E-state index in [4.69, 9.17) is 5.73 Å². The van der Waals surface area contributed by atoms with Gasteiger partial charge in [-0.05, 0) is 24.3 Å². The zero-order valence-corrected chi connectivity index (χ0v) is 10.6. The van der Waals surface area contributed by atoms with Crippen molar-refractivity contribution in [2.45, 2.75) is 6.54 Å². The van der Waals surface area contributed by atoms with Gasteiger partial charge in [0.1, 0.15) is 5.82 Å². The van der Waals surface area contributed by atoms with Crippen molar-refractivity contribution in [3.8, 4) is 0 Å². The smallest absolute Gasteiger partial charge is 0.248 e. The van der Waals surface area contributed by atoms with Crippen molar-refractivity contribution >= 4 is 16.9 Å². The van der Waals surface area contributed by atoms with Crippen molar-refractivity contribution in [2.24, 2.45) is 5.73 Å². The van der Waals surface area contributed by atoms with Crippen LogP contribution >= 0.6 is 0 Å². The summed E-state index contributed by atoms with van der Waals surface area (Å²) in [5, 5.41) is 0. The van der Waals surface area contributed by atoms with Crippen molar-refractivity contribution in [1.82, 2.24) is 9.55 Å². The lowest BCUT2D eigenvalue weighted by molar-refractivity contribution is 0.1000. The lowest BCUT2D eigenvalue weighted by Crippen LogP contribution is -2.12. The monoisotopic (exact) mass is 269 g/mol. The highest BCUT2D eigenvalue weighted by atomic mass is 19.1. The molecule has 0 saturated carbocycles. The minimum absolute atomic E-state index is 0.168. The highest BCUT2D eigenvalue weighted by molar-refractivity contribution is 5.92. The minimum atomic E-state index is -0.636. The molecule has 0 aliphatic heterocycles. The zero-order valence-electron chi connectivity index (χ0n) is 10.6. The predicted octanol–water partition coefficient (Wildman–Crippen LogP) is 2.32. The van der Waals surface area contributed by atoms with E-state index in [-0.39, 0.29) is 5.56 Å². The van der Waals surface area contributed by atoms with Gasteiger partial charge in [-0.25, -0.2) is 9.37 Å². The highest BCUT2D eigenvalue weighted by Crippen LogP contribution is 2.16. The molecule has 1 aromatic heterocycles. The molecule has 0 aliphatic rings. The van der Waals surface area contributed by atoms with Crippen LogP contribution in [0, 0.1) is 5.82 Å². The van der Waals surface area contributed by atoms with Crippen LogP contribution in [0.5, 0.6) is 0 Å². The van der Waals surface area contributed by atoms with E-state index in [1.165, 1.54) is 6.07 Å². The number of hydrogen-bond donors (Lipinski definition) is 1. The summed E-state index contributed by atoms with van der Waals surface area (Å²) >= 11 is 0. The lowest BCUT2D eigenvalue weighted by atomic mass is 10.1. The topological polar surface area (TPSA) is 60.9 Å². The van der Waals surface area contributed by atoms with Gasteiger partial charge in [-0.2, -0.15) is 0 Å². The second-order valence-electron chi connectivity index (χ2n) is 4.53. The predicted molar refractivity (Wildman–Crippen MR) is 73.8 cm³/mol. The molecule has 0 saturated heterocycles. The Morgan fingerprint density at radius 1 is 1.25 bits per heavy atom. The molecule has 1 amide bonds. The number of amides is 1. The molecule has 0 unspecified atom stereocenters. The summed E-state index contributed by atoms with van der Waals surface area (Å²) in [5.41, 5.74) is 7.57. The number of carbonyl (C=O) groups excluding carboxylic acids is 1. The van der Waals surface area contributed by atoms with Crippen molar-refractivity contribution in [3.63, 3.8) is 0 Å². The van der Waals surface area contributed by atoms with Crippen LogP contribution in [0.3, 0.4) is 0 Å². The summed E-state index contributed by atoms with van der Waals surface area (Å²) in [6.07, 6.45) is 1.67. The lowest BCUT2D eigenvalue weighted by Gasteiger charge is -2.07. The molecule has 3 aromatic rings. The Hall–Kier alpha value is -2.69. The Morgan fingerprint density at radius 2 is 2.05 bits per heavy atom. The van der Waals surface area contributed by atoms with Gasteiger partial charge in [0.25, 0.3) is 0 Å². The molecule has 20 heavy (non-hydrogen) atoms. The Morgan fingerprint density at radius 3 is 2.80 bits per heavy atom. The van der Waals surface area contributed by atoms with Crippen molar-refractivity contribution in [1.29, 1.82) is 0 Å². The molecular weight excluding hydrogens is 257 g/mol. The summed E-state index contributed by atoms with van der Waals surface area (Å²) in [5.74, 6) is -1.08. The summed E-state index contributed by atoms with van der Waals surface area (Å²) in [6, 6.07) is 11.9. The van der Waals surface area contributed by atoms with Crippen LogP contribution in [0.1, 0.15) is 15.9 Å². The van der Waals surface area contributed by atoms with Crippen molar-refractivity contribution < 1.29 is 9.18 Å². The maximum Gasteiger partial charge on any atom is 0.248 e. The molecule has 0 radical (unpaired) electrons. The Kier molecular flexibility index (Phi) is 2.95. The van der Waals surface area contributed by atoms with Crippen LogP contribution in [0.2, 0.25) is 0 Å². The van der Waals surface area contributed by atoms with E-state index in [0.717, 1.165) is 17.1 Å². The maximum absolute atomic E-state index is 14.0. The van der Waals surface area contributed by atoms with E-state index in [0.29, 0.717) is 12.1 Å². The number of benzene rings is 2. The van der Waals surface area contributed by atoms with E-state index in [9.17, 15) is 9.18 Å². The molecule has 100 valence electrons. The van der Waals surface area contributed by atoms with Crippen LogP contribution in [-0.2, 0) is 6.54 Å². The van der Waals surface area contributed by atoms with Gasteiger partial charge in [-0.15, -0.1) is 0 Å². The van der Waals surface area contributed by atoms with Crippen molar-refractivity contribution in [3.05, 3.63) is 65.7 Å². The Bertz CT molecular complexity index is 795. The summed E-state index contributed by atoms with van der Waals surface area (Å²) < 4.78 is 15.8. The van der Waals surface area contributed by atoms with Crippen LogP contribution < -0.4 is 5.73 Å². The number of nitrogens with zero attached hydrogens (tertiary/aromatic N) is 2. The van der Waals surface area contributed by atoms with Crippen LogP contribution in [0.4, 0.5) is 4.39 Å². The van der Waals surface area contributed by atoms with Gasteiger partial charge >= 0.3 is 0 Å². The normalized spacial score (nSPS) is 10.8. The first-order chi connectivity index (χ1) is 9.65. The molecule has 0 fully saturated rings. The molecular formula is C15H12FN3O. The number of carbonyl (C=O) groups is 1. The van der Waals surface area contributed by atoms with E-state index in [1.807, 2.05) is 28.8 Å². The van der Waals surface area contributed by atoms with Crippen molar-refractivity contribution in [2.75, 3.05) is 0 Å². The molecule has 4 nitrogen and oxygen atoms in total. The second-order valence-corrected chi connectivity index (χ2v) is 4.53. The average Bonchev–Trinajstić information content (AvgIpc) is 2.84. The van der Waals surface area contributed by atoms with E-state index >= 15 is 0 Å². The maximum atomic E-state index is 14.0. The van der Waals surface area contributed by atoms with E-state index in [1.54, 1.807) is 12.4 Å². The zero-order chi connectivity index (χ0) is 14.1. The first-order valence-corrected chi connectivity index (χ1v) is 6.13. The van der Waals surface area contributed by atoms with Gasteiger partial charge in [0.05, 0.1) is 23.9 Å². The molecule has 0 spiro atoms. The van der Waals surface area contributed by atoms with Gasteiger partial charge in [0.2, 0.25) is 5.91 Å². The number of para-hydroxylation sites is 2. The van der Waals surface area contributed by atoms with Gasteiger partial charge in [0, 0.05) is 11.1 Å². The number of fused-ring (bicyclic) bond motifs is 1. The minimum Gasteiger partial charge on any atom is -0.366 e. The number of primary amides is 1. The average molecular weight is 269 g/mol. The summed E-state index contributed by atoms with van der Waals surface area (Å²) in [4.78, 5) is 15.3. The van der Waals surface area contributed by atoms with Crippen LogP contribution in [-0.4, -0.2) is 15.5 Å². The van der Waals surface area contributed by atoms with Gasteiger partial charge < -0.3 is 10.3 Å². The number of nitrogens with two attached hydrogens (primary N) is 1. The number of aromatic nitrogens is 2. The number of imidazole rings is 1. The molecule has 0 bridgehead atoms. The van der Waals surface area contributed by atoms with Gasteiger partial charge in [-0.1, -0.05) is 18.2 Å². The molecule has 0 aliphatic carbocycles. The quantitative estimate of drug-likeness (QED) is 0.793. The third-order valence-electron chi connectivity index (χ3n) is 3.21. The highest BCUT2D eigenvalue weighted by Gasteiger charge is 2.09. The fourth-order valence-electron chi connectivity index (χ4n) is 2.15. The first-order valence-electron chi connectivity index (χ1n) is 6.13. The van der Waals surface area contributed by atoms with Crippen LogP contribution in [0.15, 0.2) is 48.8 Å². The number of halogens is 1. The third-order valence-corrected chi connectivity index (χ3v) is 3.21. The van der Waals surface area contributed by atoms with Gasteiger partial charge in [0.15, 0.2) is 0 Å². The van der Waals surface area contributed by atoms with Crippen LogP contribution in [0.25, 0.3) is 11.0 Å². The summed E-state index contributed by atoms with van der Waals surface area (Å²) in [6.45, 7) is 0.353. The Balaban J connectivity index is 1.97. The van der Waals surface area contributed by atoms with E-state index in [2.05, 4.69) is 4.98 Å². The molecule has 5 heteroatoms. The first kappa shape index (κ1) is 12.3. The number of rotatable bonds is 3. The van der Waals surface area contributed by atoms with Gasteiger partial charge in [-0.3, -0.25) is 4.79 Å². The molecule has 0 atom stereocenters. The molecule has 3 rings (SSSR count). The molecule has 2 aromatic carbocycles. The SMILES string of the molecule is NC(=O)c1ccc(Cn2cnc3ccccc32)c(F)c1. The van der Waals surface area contributed by atoms with E-state index < -0.39 is 11.7 Å². The fraction of sp³-hybridized carbons (Fsp3) is 0.0667.